The highest BCUT2D eigenvalue weighted by Crippen LogP contribution is 2.29. The standard InChI is InChI=1S/C15H27N3O.2ClH/c16-13-6-5-12(10-13)15(19)18-9-3-4-14(18)11-17-7-1-2-8-17;;/h12-14H,1-11,16H2;2*1H. The summed E-state index contributed by atoms with van der Waals surface area (Å²) >= 11 is 0. The second-order valence-corrected chi connectivity index (χ2v) is 6.61. The fraction of sp³-hybridized carbons (Fsp3) is 0.933. The van der Waals surface area contributed by atoms with E-state index in [-0.39, 0.29) is 36.8 Å². The van der Waals surface area contributed by atoms with Crippen LogP contribution in [0.15, 0.2) is 0 Å². The van der Waals surface area contributed by atoms with Gasteiger partial charge in [-0.2, -0.15) is 0 Å². The van der Waals surface area contributed by atoms with Gasteiger partial charge in [0.25, 0.3) is 0 Å². The molecule has 3 unspecified atom stereocenters. The lowest BCUT2D eigenvalue weighted by atomic mass is 10.1. The van der Waals surface area contributed by atoms with E-state index in [0.29, 0.717) is 11.9 Å². The van der Waals surface area contributed by atoms with Crippen LogP contribution in [0, 0.1) is 5.92 Å². The number of nitrogens with zero attached hydrogens (tertiary/aromatic N) is 2. The Morgan fingerprint density at radius 1 is 1.00 bits per heavy atom. The van der Waals surface area contributed by atoms with Crippen LogP contribution in [0.5, 0.6) is 0 Å². The van der Waals surface area contributed by atoms with Crippen molar-refractivity contribution in [2.45, 2.75) is 57.0 Å². The molecule has 4 nitrogen and oxygen atoms in total. The first kappa shape index (κ1) is 19.0. The van der Waals surface area contributed by atoms with Crippen molar-refractivity contribution in [3.8, 4) is 0 Å². The summed E-state index contributed by atoms with van der Waals surface area (Å²) < 4.78 is 0. The maximum atomic E-state index is 12.6. The molecule has 0 aromatic heterocycles. The zero-order valence-electron chi connectivity index (χ0n) is 12.7. The van der Waals surface area contributed by atoms with Crippen LogP contribution in [-0.2, 0) is 4.79 Å². The van der Waals surface area contributed by atoms with Crippen molar-refractivity contribution in [3.63, 3.8) is 0 Å². The molecule has 3 atom stereocenters. The lowest BCUT2D eigenvalue weighted by molar-refractivity contribution is -0.136. The smallest absolute Gasteiger partial charge is 0.226 e. The van der Waals surface area contributed by atoms with Gasteiger partial charge in [0, 0.05) is 31.1 Å². The van der Waals surface area contributed by atoms with Crippen molar-refractivity contribution in [2.24, 2.45) is 11.7 Å². The Morgan fingerprint density at radius 3 is 2.33 bits per heavy atom. The summed E-state index contributed by atoms with van der Waals surface area (Å²) in [6, 6.07) is 0.732. The Bertz CT molecular complexity index is 337. The lowest BCUT2D eigenvalue weighted by Crippen LogP contribution is -2.44. The van der Waals surface area contributed by atoms with Crippen LogP contribution in [0.1, 0.15) is 44.9 Å². The van der Waals surface area contributed by atoms with Crippen molar-refractivity contribution in [2.75, 3.05) is 26.2 Å². The molecule has 1 saturated carbocycles. The van der Waals surface area contributed by atoms with E-state index in [1.54, 1.807) is 0 Å². The predicted octanol–water partition coefficient (Wildman–Crippen LogP) is 2.04. The molecule has 2 saturated heterocycles. The summed E-state index contributed by atoms with van der Waals surface area (Å²) in [5.74, 6) is 0.615. The van der Waals surface area contributed by atoms with Crippen LogP contribution in [-0.4, -0.2) is 54.0 Å². The molecule has 6 heteroatoms. The summed E-state index contributed by atoms with van der Waals surface area (Å²) in [5.41, 5.74) is 5.95. The van der Waals surface area contributed by atoms with Gasteiger partial charge in [0.1, 0.15) is 0 Å². The third kappa shape index (κ3) is 4.47. The summed E-state index contributed by atoms with van der Waals surface area (Å²) in [6.07, 6.45) is 7.99. The Labute approximate surface area is 140 Å². The van der Waals surface area contributed by atoms with Crippen molar-refractivity contribution < 1.29 is 4.79 Å². The molecule has 0 spiro atoms. The number of carbonyl (C=O) groups is 1. The summed E-state index contributed by atoms with van der Waals surface area (Å²) in [5, 5.41) is 0. The SMILES string of the molecule is Cl.Cl.NC1CCC(C(=O)N2CCCC2CN2CCCC2)C1. The summed E-state index contributed by atoms with van der Waals surface area (Å²) in [4.78, 5) is 17.3. The Hall–Kier alpha value is -0.0300. The number of hydrogen-bond acceptors (Lipinski definition) is 3. The summed E-state index contributed by atoms with van der Waals surface area (Å²) in [6.45, 7) is 4.53. The fourth-order valence-corrected chi connectivity index (χ4v) is 4.05. The first-order valence-electron chi connectivity index (χ1n) is 8.02. The highest BCUT2D eigenvalue weighted by atomic mass is 35.5. The number of nitrogens with two attached hydrogens (primary N) is 1. The minimum absolute atomic E-state index is 0. The number of likely N-dealkylation sites (tertiary alicyclic amines) is 2. The van der Waals surface area contributed by atoms with Crippen LogP contribution in [0.4, 0.5) is 0 Å². The molecular weight excluding hydrogens is 309 g/mol. The largest absolute Gasteiger partial charge is 0.338 e. The average molecular weight is 338 g/mol. The Balaban J connectivity index is 0.00000110. The molecule has 124 valence electrons. The molecular formula is C15H29Cl2N3O. The van der Waals surface area contributed by atoms with Crippen LogP contribution >= 0.6 is 24.8 Å². The third-order valence-electron chi connectivity index (χ3n) is 5.15. The molecule has 3 fully saturated rings. The van der Waals surface area contributed by atoms with Crippen molar-refractivity contribution in [1.29, 1.82) is 0 Å². The van der Waals surface area contributed by atoms with Crippen LogP contribution in [0.2, 0.25) is 0 Å². The van der Waals surface area contributed by atoms with Crippen molar-refractivity contribution in [1.82, 2.24) is 9.80 Å². The molecule has 2 heterocycles. The zero-order chi connectivity index (χ0) is 13.2. The van der Waals surface area contributed by atoms with Gasteiger partial charge in [-0.15, -0.1) is 24.8 Å². The monoisotopic (exact) mass is 337 g/mol. The van der Waals surface area contributed by atoms with Gasteiger partial charge < -0.3 is 15.5 Å². The Morgan fingerprint density at radius 2 is 1.71 bits per heavy atom. The molecule has 21 heavy (non-hydrogen) atoms. The molecule has 0 radical (unpaired) electrons. The minimum Gasteiger partial charge on any atom is -0.338 e. The van der Waals surface area contributed by atoms with Crippen molar-refractivity contribution >= 4 is 30.7 Å². The molecule has 1 amide bonds. The van der Waals surface area contributed by atoms with Gasteiger partial charge in [-0.05, 0) is 58.0 Å². The van der Waals surface area contributed by atoms with Gasteiger partial charge in [-0.3, -0.25) is 4.79 Å². The van der Waals surface area contributed by atoms with Gasteiger partial charge in [-0.25, -0.2) is 0 Å². The fourth-order valence-electron chi connectivity index (χ4n) is 4.05. The molecule has 1 aliphatic carbocycles. The highest BCUT2D eigenvalue weighted by molar-refractivity contribution is 5.85. The summed E-state index contributed by atoms with van der Waals surface area (Å²) in [7, 11) is 0. The van der Waals surface area contributed by atoms with Crippen molar-refractivity contribution in [3.05, 3.63) is 0 Å². The van der Waals surface area contributed by atoms with E-state index >= 15 is 0 Å². The van der Waals surface area contributed by atoms with Crippen LogP contribution in [0.25, 0.3) is 0 Å². The first-order valence-corrected chi connectivity index (χ1v) is 8.02. The number of rotatable bonds is 3. The maximum absolute atomic E-state index is 12.6. The molecule has 0 bridgehead atoms. The van der Waals surface area contributed by atoms with E-state index in [9.17, 15) is 4.79 Å². The lowest BCUT2D eigenvalue weighted by Gasteiger charge is -2.30. The number of amides is 1. The molecule has 3 rings (SSSR count). The number of hydrogen-bond donors (Lipinski definition) is 1. The molecule has 0 aromatic carbocycles. The second kappa shape index (κ2) is 8.56. The molecule has 2 aliphatic heterocycles. The normalized spacial score (nSPS) is 32.8. The quantitative estimate of drug-likeness (QED) is 0.857. The predicted molar refractivity (Wildman–Crippen MR) is 90.2 cm³/mol. The second-order valence-electron chi connectivity index (χ2n) is 6.61. The maximum Gasteiger partial charge on any atom is 0.226 e. The van der Waals surface area contributed by atoms with Gasteiger partial charge in [0.2, 0.25) is 5.91 Å². The van der Waals surface area contributed by atoms with E-state index in [1.807, 2.05) is 0 Å². The van der Waals surface area contributed by atoms with Gasteiger partial charge in [0.15, 0.2) is 0 Å². The van der Waals surface area contributed by atoms with Gasteiger partial charge in [0.05, 0.1) is 0 Å². The number of carbonyl (C=O) groups excluding carboxylic acids is 1. The highest BCUT2D eigenvalue weighted by Gasteiger charge is 2.36. The van der Waals surface area contributed by atoms with Crippen LogP contribution < -0.4 is 5.73 Å². The van der Waals surface area contributed by atoms with E-state index in [4.69, 9.17) is 5.73 Å². The first-order chi connectivity index (χ1) is 9.24. The zero-order valence-corrected chi connectivity index (χ0v) is 14.3. The molecule has 3 aliphatic rings. The van der Waals surface area contributed by atoms with E-state index in [1.165, 1.54) is 38.8 Å². The molecule has 2 N–H and O–H groups in total. The van der Waals surface area contributed by atoms with Gasteiger partial charge >= 0.3 is 0 Å². The number of halogens is 2. The minimum atomic E-state index is 0. The van der Waals surface area contributed by atoms with Crippen LogP contribution in [0.3, 0.4) is 0 Å². The van der Waals surface area contributed by atoms with E-state index in [2.05, 4.69) is 9.80 Å². The van der Waals surface area contributed by atoms with Gasteiger partial charge in [-0.1, -0.05) is 0 Å². The molecule has 0 aromatic rings. The van der Waals surface area contributed by atoms with E-state index in [0.717, 1.165) is 32.4 Å². The topological polar surface area (TPSA) is 49.6 Å². The van der Waals surface area contributed by atoms with E-state index < -0.39 is 0 Å². The third-order valence-corrected chi connectivity index (χ3v) is 5.15. The Kier molecular flexibility index (Phi) is 7.75. The average Bonchev–Trinajstić information content (AvgIpc) is 3.10.